The minimum atomic E-state index is -0.115. The second-order valence-electron chi connectivity index (χ2n) is 6.40. The number of aromatic nitrogens is 5. The molecule has 10 nitrogen and oxygen atoms in total. The molecular weight excluding hydrogens is 348 g/mol. The van der Waals surface area contributed by atoms with E-state index in [0.29, 0.717) is 29.7 Å². The predicted molar refractivity (Wildman–Crippen MR) is 97.2 cm³/mol. The van der Waals surface area contributed by atoms with Crippen LogP contribution in [0.3, 0.4) is 0 Å². The normalized spacial score (nSPS) is 15.7. The molecule has 0 aliphatic carbocycles. The van der Waals surface area contributed by atoms with Crippen molar-refractivity contribution in [3.8, 4) is 17.3 Å². The lowest BCUT2D eigenvalue weighted by Gasteiger charge is -2.31. The molecule has 1 aliphatic heterocycles. The molecule has 1 fully saturated rings. The third-order valence-corrected chi connectivity index (χ3v) is 4.35. The zero-order chi connectivity index (χ0) is 18.6. The number of hydrogen-bond acceptors (Lipinski definition) is 8. The van der Waals surface area contributed by atoms with E-state index < -0.39 is 0 Å². The summed E-state index contributed by atoms with van der Waals surface area (Å²) < 4.78 is 6.48. The summed E-state index contributed by atoms with van der Waals surface area (Å²) >= 11 is 0. The average molecular weight is 368 g/mol. The first-order valence-corrected chi connectivity index (χ1v) is 8.68. The van der Waals surface area contributed by atoms with Gasteiger partial charge in [0.2, 0.25) is 5.91 Å². The molecule has 1 N–H and O–H groups in total. The Morgan fingerprint density at radius 1 is 1.26 bits per heavy atom. The quantitative estimate of drug-likeness (QED) is 0.694. The summed E-state index contributed by atoms with van der Waals surface area (Å²) in [5, 5.41) is 10.9. The molecule has 4 rings (SSSR count). The fourth-order valence-electron chi connectivity index (χ4n) is 2.85. The number of carbonyl (C=O) groups excluding carboxylic acids is 1. The van der Waals surface area contributed by atoms with E-state index in [1.807, 2.05) is 0 Å². The molecule has 10 heteroatoms. The van der Waals surface area contributed by atoms with E-state index in [-0.39, 0.29) is 5.91 Å². The summed E-state index contributed by atoms with van der Waals surface area (Å²) in [5.74, 6) is 1.16. The molecule has 3 aromatic rings. The lowest BCUT2D eigenvalue weighted by Crippen LogP contribution is -2.47. The lowest BCUT2D eigenvalue weighted by molar-refractivity contribution is -0.117. The van der Waals surface area contributed by atoms with Gasteiger partial charge in [0, 0.05) is 50.7 Å². The van der Waals surface area contributed by atoms with Crippen LogP contribution in [0.4, 0.5) is 5.82 Å². The third-order valence-electron chi connectivity index (χ3n) is 4.35. The molecule has 0 unspecified atom stereocenters. The zero-order valence-corrected chi connectivity index (χ0v) is 14.9. The number of hydrogen-bond donors (Lipinski definition) is 1. The minimum absolute atomic E-state index is 0.115. The number of amides is 1. The SMILES string of the molecule is CN1CCN(CC(=O)Nc2cc(-n3cccn3)nc(-c3ccon3)n2)CC1. The fourth-order valence-corrected chi connectivity index (χ4v) is 2.85. The summed E-state index contributed by atoms with van der Waals surface area (Å²) in [6.45, 7) is 3.99. The van der Waals surface area contributed by atoms with Crippen LogP contribution in [-0.2, 0) is 4.79 Å². The molecule has 1 aliphatic rings. The molecule has 4 heterocycles. The first-order valence-electron chi connectivity index (χ1n) is 8.68. The second kappa shape index (κ2) is 7.64. The van der Waals surface area contributed by atoms with Crippen LogP contribution in [0.5, 0.6) is 0 Å². The van der Waals surface area contributed by atoms with Crippen LogP contribution in [0.1, 0.15) is 0 Å². The largest absolute Gasteiger partial charge is 0.364 e. The number of likely N-dealkylation sites (N-methyl/N-ethyl adjacent to an activating group) is 1. The van der Waals surface area contributed by atoms with E-state index in [2.05, 4.69) is 42.4 Å². The maximum Gasteiger partial charge on any atom is 0.239 e. The van der Waals surface area contributed by atoms with Gasteiger partial charge in [-0.3, -0.25) is 9.69 Å². The van der Waals surface area contributed by atoms with Crippen LogP contribution in [0.2, 0.25) is 0 Å². The molecule has 1 amide bonds. The number of anilines is 1. The molecule has 27 heavy (non-hydrogen) atoms. The highest BCUT2D eigenvalue weighted by molar-refractivity contribution is 5.91. The Kier molecular flexibility index (Phi) is 4.90. The molecule has 0 saturated carbocycles. The van der Waals surface area contributed by atoms with Crippen LogP contribution >= 0.6 is 0 Å². The Morgan fingerprint density at radius 2 is 2.11 bits per heavy atom. The van der Waals surface area contributed by atoms with Crippen LogP contribution in [-0.4, -0.2) is 80.4 Å². The summed E-state index contributed by atoms with van der Waals surface area (Å²) in [5.41, 5.74) is 0.485. The summed E-state index contributed by atoms with van der Waals surface area (Å²) in [6, 6.07) is 5.14. The van der Waals surface area contributed by atoms with Crippen LogP contribution < -0.4 is 5.32 Å². The molecule has 0 atom stereocenters. The van der Waals surface area contributed by atoms with Gasteiger partial charge >= 0.3 is 0 Å². The Morgan fingerprint density at radius 3 is 2.81 bits per heavy atom. The topological polar surface area (TPSA) is 105 Å². The van der Waals surface area contributed by atoms with E-state index in [1.165, 1.54) is 6.26 Å². The van der Waals surface area contributed by atoms with Gasteiger partial charge in [-0.15, -0.1) is 0 Å². The number of piperazine rings is 1. The summed E-state index contributed by atoms with van der Waals surface area (Å²) in [4.78, 5) is 25.7. The van der Waals surface area contributed by atoms with Gasteiger partial charge in [-0.25, -0.2) is 14.6 Å². The van der Waals surface area contributed by atoms with E-state index >= 15 is 0 Å². The van der Waals surface area contributed by atoms with Gasteiger partial charge in [-0.1, -0.05) is 5.16 Å². The van der Waals surface area contributed by atoms with Crippen molar-refractivity contribution >= 4 is 11.7 Å². The first kappa shape index (κ1) is 17.3. The van der Waals surface area contributed by atoms with Gasteiger partial charge in [0.15, 0.2) is 17.3 Å². The molecule has 0 radical (unpaired) electrons. The Bertz CT molecular complexity index is 833. The van der Waals surface area contributed by atoms with Crippen LogP contribution in [0.15, 0.2) is 41.4 Å². The van der Waals surface area contributed by atoms with E-state index in [0.717, 1.165) is 26.2 Å². The van der Waals surface area contributed by atoms with Crippen molar-refractivity contribution in [3.63, 3.8) is 0 Å². The Hall–Kier alpha value is -3.11. The van der Waals surface area contributed by atoms with Gasteiger partial charge in [0.25, 0.3) is 0 Å². The molecule has 1 saturated heterocycles. The van der Waals surface area contributed by atoms with Gasteiger partial charge in [0.05, 0.1) is 6.54 Å². The molecule has 0 spiro atoms. The fraction of sp³-hybridized carbons (Fsp3) is 0.353. The van der Waals surface area contributed by atoms with Crippen molar-refractivity contribution in [2.75, 3.05) is 45.1 Å². The van der Waals surface area contributed by atoms with Gasteiger partial charge in [-0.2, -0.15) is 5.10 Å². The highest BCUT2D eigenvalue weighted by Crippen LogP contribution is 2.18. The number of nitrogens with one attached hydrogen (secondary N) is 1. The Balaban J connectivity index is 1.53. The number of carbonyl (C=O) groups is 1. The van der Waals surface area contributed by atoms with Crippen molar-refractivity contribution < 1.29 is 9.32 Å². The van der Waals surface area contributed by atoms with Gasteiger partial charge in [-0.05, 0) is 13.1 Å². The van der Waals surface area contributed by atoms with E-state index in [1.54, 1.807) is 35.3 Å². The maximum atomic E-state index is 12.5. The van der Waals surface area contributed by atoms with Crippen LogP contribution in [0.25, 0.3) is 17.3 Å². The van der Waals surface area contributed by atoms with Gasteiger partial charge in [0.1, 0.15) is 12.1 Å². The first-order chi connectivity index (χ1) is 13.2. The maximum absolute atomic E-state index is 12.5. The lowest BCUT2D eigenvalue weighted by atomic mass is 10.3. The molecule has 0 aromatic carbocycles. The van der Waals surface area contributed by atoms with Crippen molar-refractivity contribution in [3.05, 3.63) is 36.9 Å². The van der Waals surface area contributed by atoms with Crippen LogP contribution in [0, 0.1) is 0 Å². The smallest absolute Gasteiger partial charge is 0.239 e. The van der Waals surface area contributed by atoms with Crippen molar-refractivity contribution in [2.45, 2.75) is 0 Å². The monoisotopic (exact) mass is 368 g/mol. The summed E-state index contributed by atoms with van der Waals surface area (Å²) in [7, 11) is 2.08. The average Bonchev–Trinajstić information content (AvgIpc) is 3.37. The highest BCUT2D eigenvalue weighted by atomic mass is 16.5. The third kappa shape index (κ3) is 4.18. The summed E-state index contributed by atoms with van der Waals surface area (Å²) in [6.07, 6.45) is 4.87. The molecular formula is C17H20N8O2. The van der Waals surface area contributed by atoms with E-state index in [9.17, 15) is 4.79 Å². The number of nitrogens with zero attached hydrogens (tertiary/aromatic N) is 7. The number of rotatable bonds is 5. The highest BCUT2D eigenvalue weighted by Gasteiger charge is 2.18. The van der Waals surface area contributed by atoms with Crippen molar-refractivity contribution in [2.24, 2.45) is 0 Å². The molecule has 0 bridgehead atoms. The van der Waals surface area contributed by atoms with Gasteiger partial charge < -0.3 is 14.7 Å². The molecule has 140 valence electrons. The minimum Gasteiger partial charge on any atom is -0.364 e. The second-order valence-corrected chi connectivity index (χ2v) is 6.40. The van der Waals surface area contributed by atoms with E-state index in [4.69, 9.17) is 4.52 Å². The van der Waals surface area contributed by atoms with Crippen molar-refractivity contribution in [1.82, 2.24) is 34.7 Å². The standard InChI is InChI=1S/C17H20N8O2/c1-23-6-8-24(9-7-23)12-16(26)19-14-11-15(25-5-2-4-18-25)21-17(20-14)13-3-10-27-22-13/h2-5,10-11H,6-9,12H2,1H3,(H,19,20,21,26). The molecule has 3 aromatic heterocycles. The predicted octanol–water partition coefficient (Wildman–Crippen LogP) is 0.503. The van der Waals surface area contributed by atoms with Crippen molar-refractivity contribution in [1.29, 1.82) is 0 Å². The zero-order valence-electron chi connectivity index (χ0n) is 14.9. The Labute approximate surface area is 155 Å².